The van der Waals surface area contributed by atoms with Crippen LogP contribution >= 0.6 is 11.7 Å². The van der Waals surface area contributed by atoms with Crippen molar-refractivity contribution >= 4 is 61.6 Å². The number of hydrogen-bond donors (Lipinski definition) is 0. The van der Waals surface area contributed by atoms with E-state index in [1.807, 2.05) is 29.2 Å². The van der Waals surface area contributed by atoms with Gasteiger partial charge in [-0.25, -0.2) is 0 Å². The Morgan fingerprint density at radius 3 is 1.14 bits per heavy atom. The number of alkyl halides is 6. The Balaban J connectivity index is 0.872. The molecular formula is C68H42F6N4S. The smallest absolute Gasteiger partial charge is 0.309 e. The summed E-state index contributed by atoms with van der Waals surface area (Å²) in [5, 5.41) is 2.23. The molecule has 13 rings (SSSR count). The van der Waals surface area contributed by atoms with Crippen LogP contribution in [0.15, 0.2) is 255 Å². The van der Waals surface area contributed by atoms with Gasteiger partial charge >= 0.3 is 12.4 Å². The highest BCUT2D eigenvalue weighted by molar-refractivity contribution is 7.00. The molecule has 4 nitrogen and oxygen atoms in total. The lowest BCUT2D eigenvalue weighted by Crippen LogP contribution is -2.12. The van der Waals surface area contributed by atoms with Crippen LogP contribution in [0.3, 0.4) is 0 Å². The molecular weight excluding hydrogens is 1020 g/mol. The number of halogens is 6. The first-order valence-electron chi connectivity index (χ1n) is 25.4. The summed E-state index contributed by atoms with van der Waals surface area (Å²) >= 11 is 1.03. The van der Waals surface area contributed by atoms with Gasteiger partial charge in [0.1, 0.15) is 11.0 Å². The molecule has 382 valence electrons. The molecule has 0 fully saturated rings. The first kappa shape index (κ1) is 49.0. The number of fused-ring (bicyclic) bond motifs is 4. The quantitative estimate of drug-likeness (QED) is 0.128. The number of hydrogen-bond acceptors (Lipinski definition) is 4. The van der Waals surface area contributed by atoms with E-state index in [1.54, 1.807) is 24.3 Å². The first-order valence-corrected chi connectivity index (χ1v) is 26.2. The lowest BCUT2D eigenvalue weighted by atomic mass is 9.97. The van der Waals surface area contributed by atoms with Crippen LogP contribution in [-0.2, 0) is 12.4 Å². The molecule has 2 aromatic heterocycles. The van der Waals surface area contributed by atoms with Gasteiger partial charge in [-0.05, 0) is 158 Å². The second-order valence-electron chi connectivity index (χ2n) is 19.3. The average molecular weight is 1060 g/mol. The van der Waals surface area contributed by atoms with Gasteiger partial charge in [0.2, 0.25) is 0 Å². The Bertz CT molecular complexity index is 4190. The third-order valence-electron chi connectivity index (χ3n) is 14.6. The second kappa shape index (κ2) is 19.8. The van der Waals surface area contributed by atoms with E-state index >= 15 is 0 Å². The third-order valence-corrected chi connectivity index (χ3v) is 15.1. The Kier molecular flexibility index (Phi) is 12.3. The van der Waals surface area contributed by atoms with Crippen LogP contribution in [0.1, 0.15) is 11.1 Å². The van der Waals surface area contributed by atoms with E-state index in [0.717, 1.165) is 108 Å². The summed E-state index contributed by atoms with van der Waals surface area (Å²) in [5.41, 5.74) is 16.3. The molecule has 11 heteroatoms. The molecule has 0 N–H and O–H groups in total. The summed E-state index contributed by atoms with van der Waals surface area (Å²) < 4.78 is 93.4. The third kappa shape index (κ3) is 9.38. The maximum atomic E-state index is 13.8. The van der Waals surface area contributed by atoms with Crippen molar-refractivity contribution in [2.45, 2.75) is 12.4 Å². The SMILES string of the molecule is FC(F)(F)c1ccc(-c2ccc(N(c3ccc(C(F)(F)F)cc3)c3ccc(-c4ccc(-n5c6ccc(-c7ccc(-c8ccccc8)cc7)cc6c6cc(-c7ccc(-c8ccccc8)cc7)ccc65)cc4)c4nsnc34)cc2)cc1. The van der Waals surface area contributed by atoms with Crippen LogP contribution in [0, 0.1) is 0 Å². The van der Waals surface area contributed by atoms with Crippen LogP contribution in [0.2, 0.25) is 0 Å². The lowest BCUT2D eigenvalue weighted by Gasteiger charge is -2.26. The molecule has 2 heterocycles. The Labute approximate surface area is 454 Å². The molecule has 11 aromatic carbocycles. The minimum atomic E-state index is -4.54. The van der Waals surface area contributed by atoms with E-state index in [2.05, 4.69) is 162 Å². The fourth-order valence-corrected chi connectivity index (χ4v) is 11.1. The molecule has 0 radical (unpaired) electrons. The van der Waals surface area contributed by atoms with Crippen LogP contribution in [0.25, 0.3) is 105 Å². The highest BCUT2D eigenvalue weighted by Gasteiger charge is 2.32. The fraction of sp³-hybridized carbons (Fsp3) is 0.0294. The van der Waals surface area contributed by atoms with Crippen molar-refractivity contribution in [1.82, 2.24) is 13.3 Å². The van der Waals surface area contributed by atoms with Gasteiger partial charge in [-0.3, -0.25) is 0 Å². The minimum absolute atomic E-state index is 0.439. The molecule has 13 aromatic rings. The average Bonchev–Trinajstić information content (AvgIpc) is 4.33. The van der Waals surface area contributed by atoms with E-state index < -0.39 is 23.5 Å². The minimum Gasteiger partial charge on any atom is -0.309 e. The lowest BCUT2D eigenvalue weighted by molar-refractivity contribution is -0.138. The molecule has 0 aliphatic heterocycles. The largest absolute Gasteiger partial charge is 0.416 e. The normalized spacial score (nSPS) is 11.9. The van der Waals surface area contributed by atoms with E-state index in [-0.39, 0.29) is 0 Å². The second-order valence-corrected chi connectivity index (χ2v) is 19.9. The standard InChI is InChI=1S/C68H42F6N4S/c69-67(70,71)54-27-19-47(20-28-54)48-21-31-56(32-22-48)77(57-35-29-55(30-36-57)68(72,73)74)64-40-37-59(65-66(64)76-79-75-65)51-23-33-58(34-24-51)78-62-38-25-52(49-15-11-45(12-16-49)43-7-3-1-4-8-43)41-60(62)61-42-53(26-39-63(61)78)50-17-13-46(14-18-50)44-9-5-2-6-10-44/h1-42H. The van der Waals surface area contributed by atoms with Gasteiger partial charge in [-0.15, -0.1) is 0 Å². The molecule has 0 spiro atoms. The molecule has 0 saturated heterocycles. The van der Waals surface area contributed by atoms with Gasteiger partial charge in [0, 0.05) is 33.4 Å². The van der Waals surface area contributed by atoms with E-state index in [1.165, 1.54) is 35.4 Å². The summed E-state index contributed by atoms with van der Waals surface area (Å²) in [5.74, 6) is 0. The van der Waals surface area contributed by atoms with Gasteiger partial charge in [0.25, 0.3) is 0 Å². The van der Waals surface area contributed by atoms with Gasteiger partial charge in [0.15, 0.2) is 0 Å². The van der Waals surface area contributed by atoms with Crippen LogP contribution in [0.5, 0.6) is 0 Å². The zero-order valence-corrected chi connectivity index (χ0v) is 42.5. The fourth-order valence-electron chi connectivity index (χ4n) is 10.6. The molecule has 0 bridgehead atoms. The van der Waals surface area contributed by atoms with Crippen molar-refractivity contribution in [3.8, 4) is 72.4 Å². The van der Waals surface area contributed by atoms with Crippen LogP contribution in [0.4, 0.5) is 43.4 Å². The number of aromatic nitrogens is 3. The maximum absolute atomic E-state index is 13.8. The van der Waals surface area contributed by atoms with Crippen molar-refractivity contribution in [2.24, 2.45) is 0 Å². The van der Waals surface area contributed by atoms with E-state index in [0.29, 0.717) is 39.2 Å². The van der Waals surface area contributed by atoms with Gasteiger partial charge in [-0.2, -0.15) is 35.1 Å². The predicted octanol–water partition coefficient (Wildman–Crippen LogP) is 20.3. The summed E-state index contributed by atoms with van der Waals surface area (Å²) in [6.07, 6.45) is -9.02. The molecule has 0 aliphatic carbocycles. The summed E-state index contributed by atoms with van der Waals surface area (Å²) in [6.45, 7) is 0. The highest BCUT2D eigenvalue weighted by Crippen LogP contribution is 2.44. The topological polar surface area (TPSA) is 34.0 Å². The van der Waals surface area contributed by atoms with Crippen LogP contribution in [-0.4, -0.2) is 13.3 Å². The van der Waals surface area contributed by atoms with Crippen molar-refractivity contribution in [3.63, 3.8) is 0 Å². The zero-order chi connectivity index (χ0) is 53.8. The molecule has 0 saturated carbocycles. The van der Waals surface area contributed by atoms with Gasteiger partial charge in [-0.1, -0.05) is 158 Å². The number of nitrogens with zero attached hydrogens (tertiary/aromatic N) is 4. The van der Waals surface area contributed by atoms with Crippen molar-refractivity contribution < 1.29 is 26.3 Å². The number of benzene rings is 11. The summed E-state index contributed by atoms with van der Waals surface area (Å²) in [4.78, 5) is 1.81. The Morgan fingerprint density at radius 2 is 0.684 bits per heavy atom. The van der Waals surface area contributed by atoms with E-state index in [9.17, 15) is 26.3 Å². The predicted molar refractivity (Wildman–Crippen MR) is 309 cm³/mol. The highest BCUT2D eigenvalue weighted by atomic mass is 32.1. The Hall–Kier alpha value is -9.58. The monoisotopic (exact) mass is 1060 g/mol. The molecule has 79 heavy (non-hydrogen) atoms. The molecule has 0 unspecified atom stereocenters. The molecule has 0 amide bonds. The number of rotatable bonds is 10. The molecule has 0 atom stereocenters. The molecule has 0 aliphatic rings. The summed E-state index contributed by atoms with van der Waals surface area (Å²) in [7, 11) is 0. The van der Waals surface area contributed by atoms with Crippen molar-refractivity contribution in [1.29, 1.82) is 0 Å². The van der Waals surface area contributed by atoms with Crippen molar-refractivity contribution in [2.75, 3.05) is 4.90 Å². The van der Waals surface area contributed by atoms with Crippen molar-refractivity contribution in [3.05, 3.63) is 266 Å². The maximum Gasteiger partial charge on any atom is 0.416 e. The van der Waals surface area contributed by atoms with Crippen LogP contribution < -0.4 is 4.90 Å². The Morgan fingerprint density at radius 1 is 0.329 bits per heavy atom. The van der Waals surface area contributed by atoms with E-state index in [4.69, 9.17) is 8.75 Å². The first-order chi connectivity index (χ1) is 38.4. The number of anilines is 3. The summed E-state index contributed by atoms with van der Waals surface area (Å²) in [6, 6.07) is 80.6. The van der Waals surface area contributed by atoms with Gasteiger partial charge in [0.05, 0.1) is 39.6 Å². The zero-order valence-electron chi connectivity index (χ0n) is 41.7. The van der Waals surface area contributed by atoms with Gasteiger partial charge < -0.3 is 9.47 Å².